The van der Waals surface area contributed by atoms with Gasteiger partial charge in [0.1, 0.15) is 0 Å². The summed E-state index contributed by atoms with van der Waals surface area (Å²) in [6.45, 7) is 6.95. The molecule has 0 rings (SSSR count). The molecule has 3 heteroatoms. The number of carbonyl (C=O) groups is 1. The Balaban J connectivity index is 3.67. The average Bonchev–Trinajstić information content (AvgIpc) is 2.00. The highest BCUT2D eigenvalue weighted by Gasteiger charge is 2.17. The molecule has 0 bridgehead atoms. The Hall–Kier alpha value is -0.0500. The number of alkyl halides is 1. The molecule has 1 amide bonds. The van der Waals surface area contributed by atoms with Crippen LogP contribution >= 0.6 is 15.9 Å². The summed E-state index contributed by atoms with van der Waals surface area (Å²) in [7, 11) is 0. The molecule has 0 saturated heterocycles. The first-order chi connectivity index (χ1) is 5.52. The van der Waals surface area contributed by atoms with Crippen LogP contribution in [0.4, 0.5) is 0 Å². The molecular formula is C9H18BrNO. The van der Waals surface area contributed by atoms with Crippen molar-refractivity contribution >= 4 is 21.8 Å². The SMILES string of the molecule is CCC(=O)NCC(C)(C)CCBr. The standard InChI is InChI=1S/C9H18BrNO/c1-4-8(12)11-7-9(2,3)5-6-10/h4-7H2,1-3H3,(H,11,12). The second-order valence-corrected chi connectivity index (χ2v) is 4.53. The van der Waals surface area contributed by atoms with E-state index in [1.807, 2.05) is 6.92 Å². The molecule has 0 unspecified atom stereocenters. The second-order valence-electron chi connectivity index (χ2n) is 3.73. The fourth-order valence-corrected chi connectivity index (χ4v) is 1.88. The molecule has 0 radical (unpaired) electrons. The van der Waals surface area contributed by atoms with Crippen LogP contribution in [0.3, 0.4) is 0 Å². The van der Waals surface area contributed by atoms with Crippen LogP contribution < -0.4 is 5.32 Å². The normalized spacial score (nSPS) is 11.3. The summed E-state index contributed by atoms with van der Waals surface area (Å²) >= 11 is 3.40. The van der Waals surface area contributed by atoms with E-state index in [0.29, 0.717) is 6.42 Å². The van der Waals surface area contributed by atoms with Gasteiger partial charge in [-0.25, -0.2) is 0 Å². The van der Waals surface area contributed by atoms with Crippen molar-refractivity contribution in [3.8, 4) is 0 Å². The van der Waals surface area contributed by atoms with Gasteiger partial charge < -0.3 is 5.32 Å². The van der Waals surface area contributed by atoms with Gasteiger partial charge in [-0.1, -0.05) is 36.7 Å². The van der Waals surface area contributed by atoms with E-state index in [1.165, 1.54) is 0 Å². The maximum atomic E-state index is 10.9. The maximum absolute atomic E-state index is 10.9. The van der Waals surface area contributed by atoms with Crippen molar-refractivity contribution in [3.63, 3.8) is 0 Å². The fourth-order valence-electron chi connectivity index (χ4n) is 0.807. The number of hydrogen-bond donors (Lipinski definition) is 1. The zero-order valence-corrected chi connectivity index (χ0v) is 9.70. The Kier molecular flexibility index (Phi) is 5.55. The number of carbonyl (C=O) groups excluding carboxylic acids is 1. The number of nitrogens with one attached hydrogen (secondary N) is 1. The largest absolute Gasteiger partial charge is 0.356 e. The summed E-state index contributed by atoms with van der Waals surface area (Å²) in [4.78, 5) is 10.9. The van der Waals surface area contributed by atoms with Crippen molar-refractivity contribution in [1.29, 1.82) is 0 Å². The lowest BCUT2D eigenvalue weighted by molar-refractivity contribution is -0.121. The molecule has 2 nitrogen and oxygen atoms in total. The van der Waals surface area contributed by atoms with Crippen molar-refractivity contribution in [2.75, 3.05) is 11.9 Å². The van der Waals surface area contributed by atoms with Crippen molar-refractivity contribution in [2.24, 2.45) is 5.41 Å². The Morgan fingerprint density at radius 3 is 2.50 bits per heavy atom. The quantitative estimate of drug-likeness (QED) is 0.729. The summed E-state index contributed by atoms with van der Waals surface area (Å²) < 4.78 is 0. The monoisotopic (exact) mass is 235 g/mol. The Morgan fingerprint density at radius 2 is 2.08 bits per heavy atom. The van der Waals surface area contributed by atoms with E-state index in [1.54, 1.807) is 0 Å². The van der Waals surface area contributed by atoms with Crippen LogP contribution in [0.2, 0.25) is 0 Å². The first kappa shape index (κ1) is 11.9. The van der Waals surface area contributed by atoms with E-state index < -0.39 is 0 Å². The van der Waals surface area contributed by atoms with Gasteiger partial charge in [-0.15, -0.1) is 0 Å². The lowest BCUT2D eigenvalue weighted by atomic mass is 9.90. The second kappa shape index (κ2) is 5.57. The van der Waals surface area contributed by atoms with Gasteiger partial charge in [0.25, 0.3) is 0 Å². The van der Waals surface area contributed by atoms with Crippen LogP contribution in [0.1, 0.15) is 33.6 Å². The molecule has 0 spiro atoms. The number of halogens is 1. The van der Waals surface area contributed by atoms with E-state index in [2.05, 4.69) is 35.1 Å². The summed E-state index contributed by atoms with van der Waals surface area (Å²) in [5.74, 6) is 0.137. The number of hydrogen-bond acceptors (Lipinski definition) is 1. The Bertz CT molecular complexity index is 145. The Morgan fingerprint density at radius 1 is 1.50 bits per heavy atom. The minimum absolute atomic E-state index is 0.137. The molecule has 0 aromatic rings. The predicted octanol–water partition coefficient (Wildman–Crippen LogP) is 2.32. The Labute approximate surface area is 83.2 Å². The van der Waals surface area contributed by atoms with E-state index in [-0.39, 0.29) is 11.3 Å². The molecule has 0 aliphatic rings. The number of amides is 1. The molecular weight excluding hydrogens is 218 g/mol. The van der Waals surface area contributed by atoms with Crippen LogP contribution in [0.15, 0.2) is 0 Å². The van der Waals surface area contributed by atoms with Gasteiger partial charge in [0.05, 0.1) is 0 Å². The van der Waals surface area contributed by atoms with Crippen LogP contribution in [0, 0.1) is 5.41 Å². The van der Waals surface area contributed by atoms with Gasteiger partial charge in [0, 0.05) is 18.3 Å². The van der Waals surface area contributed by atoms with E-state index in [4.69, 9.17) is 0 Å². The molecule has 0 aliphatic carbocycles. The number of rotatable bonds is 5. The van der Waals surface area contributed by atoms with Crippen LogP contribution in [0.5, 0.6) is 0 Å². The first-order valence-electron chi connectivity index (χ1n) is 4.34. The molecule has 0 saturated carbocycles. The highest BCUT2D eigenvalue weighted by atomic mass is 79.9. The summed E-state index contributed by atoms with van der Waals surface area (Å²) in [5.41, 5.74) is 0.203. The van der Waals surface area contributed by atoms with Gasteiger partial charge in [0.2, 0.25) is 5.91 Å². The van der Waals surface area contributed by atoms with Gasteiger partial charge >= 0.3 is 0 Å². The van der Waals surface area contributed by atoms with E-state index >= 15 is 0 Å². The van der Waals surface area contributed by atoms with E-state index in [9.17, 15) is 4.79 Å². The third-order valence-corrected chi connectivity index (χ3v) is 2.25. The smallest absolute Gasteiger partial charge is 0.219 e. The topological polar surface area (TPSA) is 29.1 Å². The van der Waals surface area contributed by atoms with Crippen LogP contribution in [0.25, 0.3) is 0 Å². The fraction of sp³-hybridized carbons (Fsp3) is 0.889. The van der Waals surface area contributed by atoms with Crippen molar-refractivity contribution in [3.05, 3.63) is 0 Å². The highest BCUT2D eigenvalue weighted by molar-refractivity contribution is 9.09. The van der Waals surface area contributed by atoms with Crippen LogP contribution in [-0.2, 0) is 4.79 Å². The molecule has 0 heterocycles. The lowest BCUT2D eigenvalue weighted by Crippen LogP contribution is -2.33. The molecule has 1 N–H and O–H groups in total. The molecule has 0 aliphatic heterocycles. The zero-order chi connectivity index (χ0) is 9.61. The minimum atomic E-state index is 0.137. The minimum Gasteiger partial charge on any atom is -0.356 e. The van der Waals surface area contributed by atoms with Crippen molar-refractivity contribution in [2.45, 2.75) is 33.6 Å². The zero-order valence-electron chi connectivity index (χ0n) is 8.11. The summed E-state index contributed by atoms with van der Waals surface area (Å²) in [6.07, 6.45) is 1.65. The average molecular weight is 236 g/mol. The third kappa shape index (κ3) is 5.58. The molecule has 72 valence electrons. The first-order valence-corrected chi connectivity index (χ1v) is 5.46. The van der Waals surface area contributed by atoms with Gasteiger partial charge in [-0.3, -0.25) is 4.79 Å². The summed E-state index contributed by atoms with van der Waals surface area (Å²) in [5, 5.41) is 3.89. The maximum Gasteiger partial charge on any atom is 0.219 e. The van der Waals surface area contributed by atoms with Gasteiger partial charge in [-0.05, 0) is 11.8 Å². The molecule has 0 fully saturated rings. The van der Waals surface area contributed by atoms with Gasteiger partial charge in [-0.2, -0.15) is 0 Å². The van der Waals surface area contributed by atoms with Crippen LogP contribution in [-0.4, -0.2) is 17.8 Å². The van der Waals surface area contributed by atoms with Crippen molar-refractivity contribution in [1.82, 2.24) is 5.32 Å². The predicted molar refractivity (Wildman–Crippen MR) is 55.5 cm³/mol. The lowest BCUT2D eigenvalue weighted by Gasteiger charge is -2.23. The van der Waals surface area contributed by atoms with Crippen molar-refractivity contribution < 1.29 is 4.79 Å². The van der Waals surface area contributed by atoms with E-state index in [0.717, 1.165) is 18.3 Å². The van der Waals surface area contributed by atoms with Gasteiger partial charge in [0.15, 0.2) is 0 Å². The highest BCUT2D eigenvalue weighted by Crippen LogP contribution is 2.19. The third-order valence-electron chi connectivity index (χ3n) is 1.86. The molecule has 12 heavy (non-hydrogen) atoms. The molecule has 0 atom stereocenters. The summed E-state index contributed by atoms with van der Waals surface area (Å²) in [6, 6.07) is 0. The molecule has 0 aromatic heterocycles. The molecule has 0 aromatic carbocycles.